The molecule has 3 aliphatic heterocycles. The molecule has 2 aromatic heterocycles. The minimum atomic E-state index is -1.01. The number of nitrogens with zero attached hydrogens (tertiary/aromatic N) is 4. The third-order valence-corrected chi connectivity index (χ3v) is 10.2. The number of hydrogen-bond acceptors (Lipinski definition) is 9. The van der Waals surface area contributed by atoms with Crippen LogP contribution in [0.2, 0.25) is 0 Å². The van der Waals surface area contributed by atoms with Gasteiger partial charge in [0, 0.05) is 23.9 Å². The minimum Gasteiger partial charge on any atom is -0.451 e. The number of carbonyl (C=O) groups excluding carboxylic acids is 2. The molecular formula is C32H26F2N4O6S. The van der Waals surface area contributed by atoms with Gasteiger partial charge in [-0.15, -0.1) is 11.3 Å². The molecule has 2 aliphatic carbocycles. The van der Waals surface area contributed by atoms with Gasteiger partial charge in [-0.3, -0.25) is 19.3 Å². The van der Waals surface area contributed by atoms with Crippen molar-refractivity contribution in [2.24, 2.45) is 5.92 Å². The summed E-state index contributed by atoms with van der Waals surface area (Å²) in [4.78, 5) is 46.3. The number of aromatic nitrogens is 2. The van der Waals surface area contributed by atoms with Gasteiger partial charge in [0.1, 0.15) is 6.17 Å². The molecule has 0 spiro atoms. The topological polar surface area (TPSA) is 103 Å². The highest BCUT2D eigenvalue weighted by molar-refractivity contribution is 7.13. The van der Waals surface area contributed by atoms with E-state index in [-0.39, 0.29) is 34.9 Å². The molecule has 9 rings (SSSR count). The van der Waals surface area contributed by atoms with Crippen molar-refractivity contribution in [1.29, 1.82) is 0 Å². The van der Waals surface area contributed by atoms with Crippen molar-refractivity contribution in [1.82, 2.24) is 14.6 Å². The first kappa shape index (κ1) is 27.7. The van der Waals surface area contributed by atoms with Crippen LogP contribution in [0.4, 0.5) is 13.6 Å². The summed E-state index contributed by atoms with van der Waals surface area (Å²) in [6.45, 7) is -0.660. The van der Waals surface area contributed by atoms with Crippen LogP contribution in [0, 0.1) is 17.6 Å². The van der Waals surface area contributed by atoms with E-state index >= 15 is 4.39 Å². The number of methoxy groups -OCH3 is 1. The quantitative estimate of drug-likeness (QED) is 0.217. The molecule has 2 unspecified atom stereocenters. The molecule has 2 atom stereocenters. The first-order chi connectivity index (χ1) is 21.9. The number of ether oxygens (including phenoxy) is 3. The van der Waals surface area contributed by atoms with Gasteiger partial charge in [-0.1, -0.05) is 30.3 Å². The summed E-state index contributed by atoms with van der Waals surface area (Å²) in [5.74, 6) is -2.59. The number of carbonyl (C=O) groups is 2. The molecule has 13 heteroatoms. The number of rotatable bonds is 4. The number of halogens is 2. The Bertz CT molecular complexity index is 1940. The molecule has 10 nitrogen and oxygen atoms in total. The van der Waals surface area contributed by atoms with E-state index in [1.165, 1.54) is 23.6 Å². The maximum Gasteiger partial charge on any atom is 0.510 e. The van der Waals surface area contributed by atoms with E-state index in [0.717, 1.165) is 50.0 Å². The molecule has 0 radical (unpaired) electrons. The normalized spacial score (nSPS) is 22.4. The third kappa shape index (κ3) is 4.02. The highest BCUT2D eigenvalue weighted by atomic mass is 32.1. The zero-order chi connectivity index (χ0) is 31.0. The lowest BCUT2D eigenvalue weighted by Gasteiger charge is -2.59. The van der Waals surface area contributed by atoms with Crippen LogP contribution >= 0.6 is 11.3 Å². The zero-order valence-corrected chi connectivity index (χ0v) is 24.8. The van der Waals surface area contributed by atoms with Gasteiger partial charge in [0.15, 0.2) is 17.3 Å². The number of benzene rings is 2. The van der Waals surface area contributed by atoms with E-state index in [2.05, 4.69) is 9.72 Å². The van der Waals surface area contributed by atoms with E-state index < -0.39 is 42.2 Å². The van der Waals surface area contributed by atoms with E-state index in [4.69, 9.17) is 9.47 Å². The van der Waals surface area contributed by atoms with Crippen molar-refractivity contribution < 1.29 is 32.6 Å². The Morgan fingerprint density at radius 2 is 1.84 bits per heavy atom. The van der Waals surface area contributed by atoms with Crippen molar-refractivity contribution in [2.75, 3.05) is 18.9 Å². The third-order valence-electron chi connectivity index (χ3n) is 9.37. The van der Waals surface area contributed by atoms with Gasteiger partial charge < -0.3 is 19.1 Å². The Kier molecular flexibility index (Phi) is 6.41. The maximum absolute atomic E-state index is 16.0. The van der Waals surface area contributed by atoms with Crippen molar-refractivity contribution >= 4 is 23.4 Å². The first-order valence-corrected chi connectivity index (χ1v) is 15.5. The predicted octanol–water partition coefficient (Wildman–Crippen LogP) is 5.43. The standard InChI is InChI=1S/C32H26F2N4O6S/c1-42-32(41)44-15-43-28-22(39)12-13-36-27(28)31(40)37-17-8-6-16(7-9-17)30(37)38(36)26-18-4-2-3-5-19(18)29-25(35-14-45-29)23-20(26)10-11-21(33)24(23)34/h2-5,10-14,16-17,26,30H,6-9,15H2,1H3. The fraction of sp³-hybridized carbons (Fsp3) is 0.312. The summed E-state index contributed by atoms with van der Waals surface area (Å²) in [5.41, 5.74) is 3.50. The van der Waals surface area contributed by atoms with Crippen LogP contribution in [0.25, 0.3) is 21.7 Å². The van der Waals surface area contributed by atoms with Crippen LogP contribution in [0.3, 0.4) is 0 Å². The average molecular weight is 633 g/mol. The Balaban J connectivity index is 1.41. The van der Waals surface area contributed by atoms with Gasteiger partial charge in [0.05, 0.1) is 29.2 Å². The number of piperidine rings is 2. The predicted molar refractivity (Wildman–Crippen MR) is 158 cm³/mol. The first-order valence-electron chi connectivity index (χ1n) is 14.6. The molecule has 1 amide bonds. The molecule has 230 valence electrons. The molecule has 0 N–H and O–H groups in total. The van der Waals surface area contributed by atoms with E-state index in [1.54, 1.807) is 16.3 Å². The average Bonchev–Trinajstić information content (AvgIpc) is 3.51. The molecular weight excluding hydrogens is 606 g/mol. The number of fused-ring (bicyclic) bond motifs is 8. The summed E-state index contributed by atoms with van der Waals surface area (Å²) >= 11 is 1.34. The van der Waals surface area contributed by atoms with Crippen LogP contribution in [-0.2, 0) is 9.47 Å². The van der Waals surface area contributed by atoms with Crippen LogP contribution < -0.4 is 15.2 Å². The molecule has 2 saturated heterocycles. The summed E-state index contributed by atoms with van der Waals surface area (Å²) < 4.78 is 47.6. The highest BCUT2D eigenvalue weighted by Crippen LogP contribution is 2.52. The number of pyridine rings is 1. The Hall–Kier alpha value is -4.78. The van der Waals surface area contributed by atoms with Crippen LogP contribution in [0.1, 0.15) is 53.3 Å². The largest absolute Gasteiger partial charge is 0.510 e. The second kappa shape index (κ2) is 10.4. The summed E-state index contributed by atoms with van der Waals surface area (Å²) in [6.07, 6.45) is 3.43. The number of hydrogen-bond donors (Lipinski definition) is 0. The summed E-state index contributed by atoms with van der Waals surface area (Å²) in [5, 5.41) is 2.01. The minimum absolute atomic E-state index is 0.0430. The number of thiazole rings is 1. The molecule has 45 heavy (non-hydrogen) atoms. The van der Waals surface area contributed by atoms with Crippen molar-refractivity contribution in [3.8, 4) is 27.4 Å². The molecule has 2 aromatic carbocycles. The Morgan fingerprint density at radius 3 is 2.64 bits per heavy atom. The van der Waals surface area contributed by atoms with Crippen LogP contribution in [-0.4, -0.2) is 52.7 Å². The Morgan fingerprint density at radius 1 is 1.04 bits per heavy atom. The van der Waals surface area contributed by atoms with Gasteiger partial charge in [-0.25, -0.2) is 18.6 Å². The summed E-state index contributed by atoms with van der Waals surface area (Å²) in [6, 6.07) is 10.8. The van der Waals surface area contributed by atoms with Crippen molar-refractivity contribution in [3.05, 3.63) is 92.9 Å². The lowest BCUT2D eigenvalue weighted by molar-refractivity contribution is -0.0259. The number of amides is 1. The van der Waals surface area contributed by atoms with Crippen molar-refractivity contribution in [2.45, 2.75) is 43.9 Å². The van der Waals surface area contributed by atoms with E-state index in [0.29, 0.717) is 16.1 Å². The molecule has 3 fully saturated rings. The molecule has 4 aromatic rings. The van der Waals surface area contributed by atoms with Crippen LogP contribution in [0.15, 0.2) is 59.0 Å². The van der Waals surface area contributed by atoms with Gasteiger partial charge >= 0.3 is 6.16 Å². The Labute approximate surface area is 259 Å². The van der Waals surface area contributed by atoms with Gasteiger partial charge in [0.2, 0.25) is 18.0 Å². The molecule has 5 heterocycles. The summed E-state index contributed by atoms with van der Waals surface area (Å²) in [7, 11) is 1.14. The lowest BCUT2D eigenvalue weighted by atomic mass is 9.76. The monoisotopic (exact) mass is 632 g/mol. The zero-order valence-electron chi connectivity index (χ0n) is 23.9. The van der Waals surface area contributed by atoms with Crippen LogP contribution in [0.5, 0.6) is 5.75 Å². The lowest BCUT2D eigenvalue weighted by Crippen LogP contribution is -2.70. The maximum atomic E-state index is 16.0. The van der Waals surface area contributed by atoms with Gasteiger partial charge in [0.25, 0.3) is 5.91 Å². The molecule has 5 aliphatic rings. The van der Waals surface area contributed by atoms with E-state index in [9.17, 15) is 18.8 Å². The second-order valence-corrected chi connectivity index (χ2v) is 12.3. The van der Waals surface area contributed by atoms with Gasteiger partial charge in [-0.2, -0.15) is 0 Å². The SMILES string of the molecule is COC(=O)OCOc1c2n(ccc1=O)N(C1c3ccccc3-c3scnc3-c3c1ccc(F)c3F)C1C3CCC(CC3)N1C2=O. The van der Waals surface area contributed by atoms with Crippen molar-refractivity contribution in [3.63, 3.8) is 0 Å². The van der Waals surface area contributed by atoms with Gasteiger partial charge in [-0.05, 0) is 54.4 Å². The fourth-order valence-electron chi connectivity index (χ4n) is 7.55. The highest BCUT2D eigenvalue weighted by Gasteiger charge is 2.54. The van der Waals surface area contributed by atoms with E-state index in [1.807, 2.05) is 34.2 Å². The molecule has 1 saturated carbocycles. The second-order valence-electron chi connectivity index (χ2n) is 11.5. The molecule has 2 bridgehead atoms. The fourth-order valence-corrected chi connectivity index (χ4v) is 8.40. The smallest absolute Gasteiger partial charge is 0.451 e.